The normalized spacial score (nSPS) is 14.6. The predicted octanol–water partition coefficient (Wildman–Crippen LogP) is 5.56. The number of aryl methyl sites for hydroxylation is 1. The van der Waals surface area contributed by atoms with E-state index in [9.17, 15) is 25.2 Å². The van der Waals surface area contributed by atoms with Crippen LogP contribution in [0.3, 0.4) is 0 Å². The molecule has 1 aromatic heterocycles. The van der Waals surface area contributed by atoms with Gasteiger partial charge in [0.15, 0.2) is 12.4 Å². The zero-order valence-corrected chi connectivity index (χ0v) is 11.3. The van der Waals surface area contributed by atoms with Crippen molar-refractivity contribution in [3.8, 4) is 11.1 Å². The third-order valence-corrected chi connectivity index (χ3v) is 2.05. The van der Waals surface area contributed by atoms with Gasteiger partial charge < -0.3 is 0 Å². The van der Waals surface area contributed by atoms with Crippen molar-refractivity contribution >= 4 is 7.81 Å². The summed E-state index contributed by atoms with van der Waals surface area (Å²) in [5.74, 6) is 0. The minimum absolute atomic E-state index is 1.26. The molecule has 0 aliphatic carbocycles. The SMILES string of the molecule is C[n+]1cccc(-c2ccccc2)c1.F[P-](F)(F)(F)(F)F. The number of pyridine rings is 1. The topological polar surface area (TPSA) is 3.88 Å². The second kappa shape index (κ2) is 4.74. The quantitative estimate of drug-likeness (QED) is 0.368. The molecule has 0 unspecified atom stereocenters. The summed E-state index contributed by atoms with van der Waals surface area (Å²) >= 11 is 0. The molecule has 0 spiro atoms. The van der Waals surface area contributed by atoms with Crippen LogP contribution in [0.5, 0.6) is 0 Å². The third-order valence-electron chi connectivity index (χ3n) is 2.05. The molecule has 0 N–H and O–H groups in total. The Balaban J connectivity index is 0.000000246. The Morgan fingerprint density at radius 3 is 1.65 bits per heavy atom. The molecule has 0 bridgehead atoms. The zero-order chi connectivity index (χ0) is 15.5. The molecule has 20 heavy (non-hydrogen) atoms. The van der Waals surface area contributed by atoms with E-state index in [0.717, 1.165) is 0 Å². The summed E-state index contributed by atoms with van der Waals surface area (Å²) in [5, 5.41) is 0. The van der Waals surface area contributed by atoms with Crippen molar-refractivity contribution in [3.05, 3.63) is 54.9 Å². The molecular formula is C12H12F6NP. The minimum atomic E-state index is -10.7. The van der Waals surface area contributed by atoms with Crippen molar-refractivity contribution in [2.24, 2.45) is 7.05 Å². The molecule has 0 aliphatic heterocycles. The summed E-state index contributed by atoms with van der Waals surface area (Å²) in [5.41, 5.74) is 2.52. The van der Waals surface area contributed by atoms with Crippen LogP contribution in [0.1, 0.15) is 0 Å². The number of nitrogens with zero attached hydrogens (tertiary/aromatic N) is 1. The number of aromatic nitrogens is 1. The third kappa shape index (κ3) is 9.33. The first kappa shape index (κ1) is 16.4. The van der Waals surface area contributed by atoms with Gasteiger partial charge in [-0.1, -0.05) is 30.3 Å². The number of hydrogen-bond acceptors (Lipinski definition) is 0. The fourth-order valence-electron chi connectivity index (χ4n) is 1.39. The van der Waals surface area contributed by atoms with Crippen molar-refractivity contribution < 1.29 is 29.7 Å². The first-order valence-corrected chi connectivity index (χ1v) is 7.41. The molecule has 0 saturated heterocycles. The summed E-state index contributed by atoms with van der Waals surface area (Å²) in [7, 11) is -8.62. The fraction of sp³-hybridized carbons (Fsp3) is 0.0833. The molecule has 2 rings (SSSR count). The van der Waals surface area contributed by atoms with Crippen LogP contribution in [-0.2, 0) is 7.05 Å². The molecule has 0 saturated carbocycles. The van der Waals surface area contributed by atoms with Crippen molar-refractivity contribution in [3.63, 3.8) is 0 Å². The Hall–Kier alpha value is -1.62. The van der Waals surface area contributed by atoms with Gasteiger partial charge in [0.05, 0.1) is 0 Å². The molecule has 2 aromatic rings. The number of benzene rings is 1. The standard InChI is InChI=1S/C12H12N.F6P/c1-13-9-5-8-12(10-13)11-6-3-2-4-7-11;1-7(2,3,4,5)6/h2-10H,1H3;/q+1;-1. The summed E-state index contributed by atoms with van der Waals surface area (Å²) in [4.78, 5) is 0. The second-order valence-electron chi connectivity index (χ2n) is 4.08. The van der Waals surface area contributed by atoms with Crippen LogP contribution >= 0.6 is 7.81 Å². The van der Waals surface area contributed by atoms with Gasteiger partial charge in [0.25, 0.3) is 0 Å². The van der Waals surface area contributed by atoms with E-state index in [1.54, 1.807) is 0 Å². The molecule has 0 radical (unpaired) electrons. The van der Waals surface area contributed by atoms with Crippen molar-refractivity contribution in [1.82, 2.24) is 0 Å². The monoisotopic (exact) mass is 315 g/mol. The van der Waals surface area contributed by atoms with Crippen LogP contribution in [0.4, 0.5) is 25.2 Å². The van der Waals surface area contributed by atoms with E-state index in [0.29, 0.717) is 0 Å². The Labute approximate surface area is 111 Å². The van der Waals surface area contributed by atoms with E-state index in [-0.39, 0.29) is 0 Å². The van der Waals surface area contributed by atoms with E-state index in [2.05, 4.69) is 47.2 Å². The molecular weight excluding hydrogens is 303 g/mol. The van der Waals surface area contributed by atoms with Gasteiger partial charge >= 0.3 is 33.0 Å². The van der Waals surface area contributed by atoms with Gasteiger partial charge in [-0.15, -0.1) is 0 Å². The molecule has 1 aromatic carbocycles. The van der Waals surface area contributed by atoms with Gasteiger partial charge in [-0.3, -0.25) is 0 Å². The van der Waals surface area contributed by atoms with Gasteiger partial charge in [-0.05, 0) is 11.6 Å². The number of hydrogen-bond donors (Lipinski definition) is 0. The molecule has 1 nitrogen and oxygen atoms in total. The van der Waals surface area contributed by atoms with Crippen LogP contribution in [0, 0.1) is 0 Å². The summed E-state index contributed by atoms with van der Waals surface area (Å²) < 4.78 is 61.3. The van der Waals surface area contributed by atoms with Gasteiger partial charge in [-0.25, -0.2) is 4.57 Å². The molecule has 1 heterocycles. The average molecular weight is 315 g/mol. The van der Waals surface area contributed by atoms with Crippen LogP contribution in [0.2, 0.25) is 0 Å². The zero-order valence-electron chi connectivity index (χ0n) is 10.4. The van der Waals surface area contributed by atoms with E-state index < -0.39 is 7.81 Å². The summed E-state index contributed by atoms with van der Waals surface area (Å²) in [6, 6.07) is 14.6. The molecule has 0 fully saturated rings. The van der Waals surface area contributed by atoms with Crippen LogP contribution in [0.15, 0.2) is 54.9 Å². The maximum absolute atomic E-state index is 10.7. The van der Waals surface area contributed by atoms with Crippen molar-refractivity contribution in [2.75, 3.05) is 0 Å². The molecule has 0 aliphatic rings. The van der Waals surface area contributed by atoms with E-state index in [1.165, 1.54) is 11.1 Å². The Morgan fingerprint density at radius 1 is 0.750 bits per heavy atom. The maximum atomic E-state index is 9.87. The first-order chi connectivity index (χ1) is 8.81. The number of halogens is 6. The van der Waals surface area contributed by atoms with Gasteiger partial charge in [0.1, 0.15) is 7.05 Å². The molecule has 0 amide bonds. The van der Waals surface area contributed by atoms with Crippen LogP contribution in [-0.4, -0.2) is 0 Å². The van der Waals surface area contributed by atoms with Crippen LogP contribution < -0.4 is 4.57 Å². The first-order valence-electron chi connectivity index (χ1n) is 5.38. The van der Waals surface area contributed by atoms with Crippen molar-refractivity contribution in [1.29, 1.82) is 0 Å². The van der Waals surface area contributed by atoms with Crippen LogP contribution in [0.25, 0.3) is 11.1 Å². The average Bonchev–Trinajstić information content (AvgIpc) is 2.26. The molecule has 0 atom stereocenters. The Morgan fingerprint density at radius 2 is 1.20 bits per heavy atom. The fourth-order valence-corrected chi connectivity index (χ4v) is 1.39. The molecule has 8 heteroatoms. The number of rotatable bonds is 1. The van der Waals surface area contributed by atoms with Gasteiger partial charge in [0.2, 0.25) is 0 Å². The van der Waals surface area contributed by atoms with E-state index in [4.69, 9.17) is 0 Å². The second-order valence-corrected chi connectivity index (χ2v) is 6.00. The predicted molar refractivity (Wildman–Crippen MR) is 66.6 cm³/mol. The Kier molecular flexibility index (Phi) is 3.89. The van der Waals surface area contributed by atoms with Crippen molar-refractivity contribution in [2.45, 2.75) is 0 Å². The van der Waals surface area contributed by atoms with Gasteiger partial charge in [0, 0.05) is 11.6 Å². The van der Waals surface area contributed by atoms with Gasteiger partial charge in [-0.2, -0.15) is 0 Å². The Bertz CT molecular complexity index is 568. The summed E-state index contributed by atoms with van der Waals surface area (Å²) in [6.07, 6.45) is 4.15. The summed E-state index contributed by atoms with van der Waals surface area (Å²) in [6.45, 7) is 0. The molecule has 112 valence electrons. The van der Waals surface area contributed by atoms with E-state index in [1.807, 2.05) is 19.3 Å². The van der Waals surface area contributed by atoms with E-state index >= 15 is 0 Å².